The van der Waals surface area contributed by atoms with Gasteiger partial charge in [-0.05, 0) is 18.9 Å². The molecular weight excluding hydrogens is 130 g/mol. The Kier molecular flexibility index (Phi) is 2.27. The summed E-state index contributed by atoms with van der Waals surface area (Å²) in [4.78, 5) is 10.4. The van der Waals surface area contributed by atoms with Gasteiger partial charge < -0.3 is 10.4 Å². The molecule has 3 nitrogen and oxygen atoms in total. The fraction of sp³-hybridized carbons (Fsp3) is 0.857. The Morgan fingerprint density at radius 2 is 2.50 bits per heavy atom. The number of hydrogen-bond acceptors (Lipinski definition) is 2. The van der Waals surface area contributed by atoms with Crippen LogP contribution in [0.3, 0.4) is 0 Å². The number of rotatable bonds is 2. The maximum atomic E-state index is 10.4. The molecule has 1 saturated heterocycles. The molecule has 1 fully saturated rings. The second kappa shape index (κ2) is 3.01. The molecule has 0 saturated carbocycles. The summed E-state index contributed by atoms with van der Waals surface area (Å²) in [5.74, 6) is -0.142. The first kappa shape index (κ1) is 7.54. The highest BCUT2D eigenvalue weighted by molar-refractivity contribution is 5.73. The molecule has 0 aliphatic carbocycles. The molecule has 3 heteroatoms. The van der Waals surface area contributed by atoms with E-state index in [0.717, 1.165) is 19.4 Å². The van der Waals surface area contributed by atoms with E-state index in [2.05, 4.69) is 12.2 Å². The van der Waals surface area contributed by atoms with Gasteiger partial charge in [0.05, 0.1) is 0 Å². The molecule has 0 aromatic heterocycles. The molecule has 0 amide bonds. The molecule has 0 aromatic rings. The number of nitrogens with one attached hydrogen (secondary N) is 1. The average molecular weight is 143 g/mol. The highest BCUT2D eigenvalue weighted by atomic mass is 16.4. The van der Waals surface area contributed by atoms with Crippen molar-refractivity contribution in [2.45, 2.75) is 25.8 Å². The van der Waals surface area contributed by atoms with Gasteiger partial charge in [0.1, 0.15) is 6.04 Å². The molecule has 58 valence electrons. The zero-order valence-electron chi connectivity index (χ0n) is 6.13. The van der Waals surface area contributed by atoms with Crippen LogP contribution in [0, 0.1) is 5.92 Å². The van der Waals surface area contributed by atoms with Gasteiger partial charge in [-0.3, -0.25) is 4.79 Å². The highest BCUT2D eigenvalue weighted by Gasteiger charge is 2.27. The molecule has 1 aliphatic heterocycles. The topological polar surface area (TPSA) is 49.3 Å². The van der Waals surface area contributed by atoms with Gasteiger partial charge in [-0.15, -0.1) is 0 Å². The van der Waals surface area contributed by atoms with Crippen molar-refractivity contribution in [3.05, 3.63) is 0 Å². The van der Waals surface area contributed by atoms with Crippen LogP contribution in [0.15, 0.2) is 0 Å². The lowest BCUT2D eigenvalue weighted by Gasteiger charge is -2.02. The summed E-state index contributed by atoms with van der Waals surface area (Å²) < 4.78 is 0. The van der Waals surface area contributed by atoms with Crippen molar-refractivity contribution in [2.24, 2.45) is 5.92 Å². The Morgan fingerprint density at radius 1 is 1.80 bits per heavy atom. The van der Waals surface area contributed by atoms with Gasteiger partial charge in [0.15, 0.2) is 0 Å². The van der Waals surface area contributed by atoms with E-state index >= 15 is 0 Å². The SMILES string of the molecule is CCC1CN[C@@H](C(=O)O)C1. The van der Waals surface area contributed by atoms with Crippen LogP contribution in [0.2, 0.25) is 0 Å². The molecule has 0 aromatic carbocycles. The van der Waals surface area contributed by atoms with Crippen LogP contribution in [0.1, 0.15) is 19.8 Å². The molecule has 1 heterocycles. The highest BCUT2D eigenvalue weighted by Crippen LogP contribution is 2.16. The Bertz CT molecular complexity index is 136. The Morgan fingerprint density at radius 3 is 2.80 bits per heavy atom. The lowest BCUT2D eigenvalue weighted by molar-refractivity contribution is -0.139. The fourth-order valence-electron chi connectivity index (χ4n) is 1.31. The summed E-state index contributed by atoms with van der Waals surface area (Å²) >= 11 is 0. The molecule has 2 atom stereocenters. The first-order valence-electron chi connectivity index (χ1n) is 3.70. The smallest absolute Gasteiger partial charge is 0.320 e. The van der Waals surface area contributed by atoms with Gasteiger partial charge in [-0.1, -0.05) is 13.3 Å². The molecule has 1 aliphatic rings. The summed E-state index contributed by atoms with van der Waals surface area (Å²) in [6, 6.07) is -0.287. The third-order valence-corrected chi connectivity index (χ3v) is 2.10. The van der Waals surface area contributed by atoms with Gasteiger partial charge >= 0.3 is 5.97 Å². The fourth-order valence-corrected chi connectivity index (χ4v) is 1.31. The second-order valence-corrected chi connectivity index (χ2v) is 2.81. The lowest BCUT2D eigenvalue weighted by Crippen LogP contribution is -2.29. The minimum Gasteiger partial charge on any atom is -0.480 e. The third kappa shape index (κ3) is 1.48. The van der Waals surface area contributed by atoms with Crippen molar-refractivity contribution in [3.8, 4) is 0 Å². The summed E-state index contributed by atoms with van der Waals surface area (Å²) in [5.41, 5.74) is 0. The molecule has 10 heavy (non-hydrogen) atoms. The van der Waals surface area contributed by atoms with Gasteiger partial charge in [0, 0.05) is 0 Å². The number of carbonyl (C=O) groups is 1. The van der Waals surface area contributed by atoms with Gasteiger partial charge in [0.25, 0.3) is 0 Å². The molecule has 1 unspecified atom stereocenters. The van der Waals surface area contributed by atoms with E-state index in [1.807, 2.05) is 0 Å². The number of hydrogen-bond donors (Lipinski definition) is 2. The third-order valence-electron chi connectivity index (χ3n) is 2.10. The van der Waals surface area contributed by atoms with Crippen LogP contribution in [-0.4, -0.2) is 23.7 Å². The van der Waals surface area contributed by atoms with Crippen LogP contribution in [-0.2, 0) is 4.79 Å². The van der Waals surface area contributed by atoms with Crippen molar-refractivity contribution in [1.29, 1.82) is 0 Å². The first-order chi connectivity index (χ1) is 4.74. The van der Waals surface area contributed by atoms with Gasteiger partial charge in [0.2, 0.25) is 0 Å². The summed E-state index contributed by atoms with van der Waals surface area (Å²) in [6.45, 7) is 2.96. The predicted molar refractivity (Wildman–Crippen MR) is 37.8 cm³/mol. The minimum atomic E-state index is -0.712. The lowest BCUT2D eigenvalue weighted by atomic mass is 10.0. The molecule has 2 N–H and O–H groups in total. The van der Waals surface area contributed by atoms with E-state index in [4.69, 9.17) is 5.11 Å². The summed E-state index contributed by atoms with van der Waals surface area (Å²) in [6.07, 6.45) is 1.88. The van der Waals surface area contributed by atoms with E-state index in [1.165, 1.54) is 0 Å². The maximum absolute atomic E-state index is 10.4. The maximum Gasteiger partial charge on any atom is 0.320 e. The largest absolute Gasteiger partial charge is 0.480 e. The van der Waals surface area contributed by atoms with E-state index in [9.17, 15) is 4.79 Å². The average Bonchev–Trinajstić information content (AvgIpc) is 2.34. The van der Waals surface area contributed by atoms with Crippen molar-refractivity contribution < 1.29 is 9.90 Å². The molecule has 0 radical (unpaired) electrons. The van der Waals surface area contributed by atoms with Gasteiger partial charge in [-0.25, -0.2) is 0 Å². The Hall–Kier alpha value is -0.570. The van der Waals surface area contributed by atoms with Crippen molar-refractivity contribution in [1.82, 2.24) is 5.32 Å². The van der Waals surface area contributed by atoms with Crippen LogP contribution in [0.4, 0.5) is 0 Å². The van der Waals surface area contributed by atoms with E-state index in [-0.39, 0.29) is 6.04 Å². The second-order valence-electron chi connectivity index (χ2n) is 2.81. The number of carboxylic acids is 1. The predicted octanol–water partition coefficient (Wildman–Crippen LogP) is 0.459. The van der Waals surface area contributed by atoms with Crippen LogP contribution in [0.5, 0.6) is 0 Å². The van der Waals surface area contributed by atoms with E-state index in [0.29, 0.717) is 5.92 Å². The van der Waals surface area contributed by atoms with E-state index in [1.54, 1.807) is 0 Å². The minimum absolute atomic E-state index is 0.287. The normalized spacial score (nSPS) is 32.5. The van der Waals surface area contributed by atoms with Crippen LogP contribution >= 0.6 is 0 Å². The quantitative estimate of drug-likeness (QED) is 0.590. The first-order valence-corrected chi connectivity index (χ1v) is 3.70. The van der Waals surface area contributed by atoms with Gasteiger partial charge in [-0.2, -0.15) is 0 Å². The number of aliphatic carboxylic acids is 1. The molecule has 1 rings (SSSR count). The zero-order chi connectivity index (χ0) is 7.56. The molecule has 0 bridgehead atoms. The summed E-state index contributed by atoms with van der Waals surface area (Å²) in [7, 11) is 0. The summed E-state index contributed by atoms with van der Waals surface area (Å²) in [5, 5.41) is 11.5. The molecular formula is C7H13NO2. The van der Waals surface area contributed by atoms with Crippen LogP contribution in [0.25, 0.3) is 0 Å². The van der Waals surface area contributed by atoms with E-state index < -0.39 is 5.97 Å². The zero-order valence-corrected chi connectivity index (χ0v) is 6.13. The van der Waals surface area contributed by atoms with Crippen molar-refractivity contribution >= 4 is 5.97 Å². The van der Waals surface area contributed by atoms with Crippen molar-refractivity contribution in [2.75, 3.05) is 6.54 Å². The Balaban J connectivity index is 2.35. The standard InChI is InChI=1S/C7H13NO2/c1-2-5-3-6(7(9)10)8-4-5/h5-6,8H,2-4H2,1H3,(H,9,10)/t5?,6-/m1/s1. The van der Waals surface area contributed by atoms with Crippen molar-refractivity contribution in [3.63, 3.8) is 0 Å². The Labute approximate surface area is 60.4 Å². The number of carboxylic acid groups (broad SMARTS) is 1. The monoisotopic (exact) mass is 143 g/mol. The molecule has 0 spiro atoms. The van der Waals surface area contributed by atoms with Crippen LogP contribution < -0.4 is 5.32 Å².